The maximum Gasteiger partial charge on any atom is 0.488 e. The number of primary amides is 1. The van der Waals surface area contributed by atoms with E-state index in [2.05, 4.69) is 23.6 Å². The smallest absolute Gasteiger partial charge is 0.423 e. The number of benzene rings is 2. The van der Waals surface area contributed by atoms with Gasteiger partial charge in [0.05, 0.1) is 5.69 Å². The SMILES string of the molecule is CC1Cc2c(C(N)=O)cccc2C1c1nc2c(c(NCc3cccc(B(O)O)c3)n1)CCNC2. The Hall–Kier alpha value is -3.27. The molecule has 1 aliphatic carbocycles. The molecule has 174 valence electrons. The zero-order valence-corrected chi connectivity index (χ0v) is 19.1. The lowest BCUT2D eigenvalue weighted by Crippen LogP contribution is -2.30. The maximum atomic E-state index is 12.0. The second-order valence-corrected chi connectivity index (χ2v) is 9.15. The molecule has 1 aliphatic heterocycles. The van der Waals surface area contributed by atoms with Gasteiger partial charge in [-0.2, -0.15) is 0 Å². The summed E-state index contributed by atoms with van der Waals surface area (Å²) in [4.78, 5) is 22.0. The maximum absolute atomic E-state index is 12.0. The predicted molar refractivity (Wildman–Crippen MR) is 131 cm³/mol. The molecule has 6 N–H and O–H groups in total. The van der Waals surface area contributed by atoms with E-state index in [1.54, 1.807) is 18.2 Å². The van der Waals surface area contributed by atoms with Crippen molar-refractivity contribution < 1.29 is 14.8 Å². The van der Waals surface area contributed by atoms with Gasteiger partial charge >= 0.3 is 7.12 Å². The summed E-state index contributed by atoms with van der Waals surface area (Å²) in [5, 5.41) is 25.8. The van der Waals surface area contributed by atoms with Crippen molar-refractivity contribution in [1.82, 2.24) is 15.3 Å². The van der Waals surface area contributed by atoms with E-state index in [9.17, 15) is 14.8 Å². The van der Waals surface area contributed by atoms with Crippen LogP contribution in [0.15, 0.2) is 42.5 Å². The van der Waals surface area contributed by atoms with Crippen LogP contribution in [0.3, 0.4) is 0 Å². The molecule has 0 saturated carbocycles. The molecule has 0 fully saturated rings. The summed E-state index contributed by atoms with van der Waals surface area (Å²) < 4.78 is 0. The molecule has 3 aromatic rings. The summed E-state index contributed by atoms with van der Waals surface area (Å²) >= 11 is 0. The summed E-state index contributed by atoms with van der Waals surface area (Å²) in [7, 11) is -1.50. The van der Waals surface area contributed by atoms with Crippen molar-refractivity contribution in [2.75, 3.05) is 11.9 Å². The Kier molecular flexibility index (Phi) is 6.08. The molecule has 9 heteroatoms. The molecular formula is C25H28BN5O3. The Balaban J connectivity index is 1.51. The first-order valence-corrected chi connectivity index (χ1v) is 11.6. The third-order valence-corrected chi connectivity index (χ3v) is 6.85. The van der Waals surface area contributed by atoms with Crippen molar-refractivity contribution >= 4 is 24.3 Å². The number of anilines is 1. The molecule has 2 atom stereocenters. The number of hydrogen-bond acceptors (Lipinski definition) is 7. The van der Waals surface area contributed by atoms with Gasteiger partial charge in [0, 0.05) is 30.1 Å². The second kappa shape index (κ2) is 9.17. The second-order valence-electron chi connectivity index (χ2n) is 9.15. The number of nitrogens with one attached hydrogen (secondary N) is 2. The summed E-state index contributed by atoms with van der Waals surface area (Å²) in [6.07, 6.45) is 1.59. The van der Waals surface area contributed by atoms with Crippen molar-refractivity contribution in [2.45, 2.75) is 38.8 Å². The van der Waals surface area contributed by atoms with Crippen molar-refractivity contribution in [2.24, 2.45) is 11.7 Å². The van der Waals surface area contributed by atoms with Crippen molar-refractivity contribution in [3.05, 3.63) is 81.8 Å². The molecule has 2 aromatic carbocycles. The van der Waals surface area contributed by atoms with E-state index < -0.39 is 13.0 Å². The van der Waals surface area contributed by atoms with E-state index in [0.29, 0.717) is 24.1 Å². The topological polar surface area (TPSA) is 133 Å². The van der Waals surface area contributed by atoms with Crippen molar-refractivity contribution in [3.63, 3.8) is 0 Å². The van der Waals surface area contributed by atoms with Gasteiger partial charge in [-0.15, -0.1) is 0 Å². The molecule has 2 heterocycles. The van der Waals surface area contributed by atoms with E-state index in [0.717, 1.165) is 59.0 Å². The number of carbonyl (C=O) groups excluding carboxylic acids is 1. The van der Waals surface area contributed by atoms with Gasteiger partial charge in [-0.1, -0.05) is 43.3 Å². The number of aromatic nitrogens is 2. The largest absolute Gasteiger partial charge is 0.488 e. The van der Waals surface area contributed by atoms with Gasteiger partial charge in [-0.05, 0) is 53.5 Å². The van der Waals surface area contributed by atoms with Crippen LogP contribution >= 0.6 is 0 Å². The Morgan fingerprint density at radius 3 is 2.82 bits per heavy atom. The fourth-order valence-corrected chi connectivity index (χ4v) is 5.21. The number of amides is 1. The van der Waals surface area contributed by atoms with E-state index in [1.807, 2.05) is 18.2 Å². The van der Waals surface area contributed by atoms with Crippen LogP contribution < -0.4 is 21.8 Å². The van der Waals surface area contributed by atoms with Gasteiger partial charge in [0.1, 0.15) is 11.6 Å². The molecule has 1 amide bonds. The van der Waals surface area contributed by atoms with Crippen LogP contribution in [-0.2, 0) is 25.9 Å². The first-order chi connectivity index (χ1) is 16.4. The molecular weight excluding hydrogens is 429 g/mol. The van der Waals surface area contributed by atoms with Crippen LogP contribution in [0.25, 0.3) is 0 Å². The van der Waals surface area contributed by atoms with E-state index in [4.69, 9.17) is 15.7 Å². The molecule has 2 aliphatic rings. The van der Waals surface area contributed by atoms with E-state index in [1.165, 1.54) is 0 Å². The van der Waals surface area contributed by atoms with Crippen LogP contribution in [0.5, 0.6) is 0 Å². The number of nitrogens with two attached hydrogens (primary N) is 1. The summed E-state index contributed by atoms with van der Waals surface area (Å²) in [5.74, 6) is 1.37. The molecule has 0 bridgehead atoms. The number of nitrogens with zero attached hydrogens (tertiary/aromatic N) is 2. The Labute approximate surface area is 198 Å². The predicted octanol–water partition coefficient (Wildman–Crippen LogP) is 0.837. The molecule has 8 nitrogen and oxygen atoms in total. The molecule has 0 saturated heterocycles. The minimum Gasteiger partial charge on any atom is -0.423 e. The fourth-order valence-electron chi connectivity index (χ4n) is 5.21. The number of carbonyl (C=O) groups is 1. The first-order valence-electron chi connectivity index (χ1n) is 11.6. The standard InChI is InChI=1S/C25H28BN5O3/c1-14-10-20-17(6-3-7-18(20)23(27)32)22(14)25-30-21-13-28-9-8-19(21)24(31-25)29-12-15-4-2-5-16(11-15)26(33)34/h2-7,11,14,22,28,33-34H,8-10,12-13H2,1H3,(H2,27,32)(H,29,30,31). The minimum absolute atomic E-state index is 0.0186. The lowest BCUT2D eigenvalue weighted by Gasteiger charge is -2.24. The van der Waals surface area contributed by atoms with Gasteiger partial charge in [0.15, 0.2) is 0 Å². The van der Waals surface area contributed by atoms with Gasteiger partial charge < -0.3 is 26.4 Å². The zero-order valence-electron chi connectivity index (χ0n) is 19.1. The van der Waals surface area contributed by atoms with Crippen molar-refractivity contribution in [3.8, 4) is 0 Å². The highest BCUT2D eigenvalue weighted by Gasteiger charge is 2.36. The van der Waals surface area contributed by atoms with Crippen LogP contribution in [0, 0.1) is 5.92 Å². The van der Waals surface area contributed by atoms with Crippen LogP contribution in [0.4, 0.5) is 5.82 Å². The van der Waals surface area contributed by atoms with Crippen molar-refractivity contribution in [1.29, 1.82) is 0 Å². The summed E-state index contributed by atoms with van der Waals surface area (Å²) in [6, 6.07) is 12.9. The third-order valence-electron chi connectivity index (χ3n) is 6.85. The monoisotopic (exact) mass is 457 g/mol. The molecule has 1 aromatic heterocycles. The highest BCUT2D eigenvalue weighted by atomic mass is 16.4. The summed E-state index contributed by atoms with van der Waals surface area (Å²) in [5.41, 5.74) is 11.8. The molecule has 34 heavy (non-hydrogen) atoms. The minimum atomic E-state index is -1.50. The van der Waals surface area contributed by atoms with Gasteiger partial charge in [0.25, 0.3) is 0 Å². The highest BCUT2D eigenvalue weighted by molar-refractivity contribution is 6.58. The Bertz CT molecular complexity index is 1250. The molecule has 2 unspecified atom stereocenters. The third kappa shape index (κ3) is 4.18. The average molecular weight is 457 g/mol. The zero-order chi connectivity index (χ0) is 23.8. The van der Waals surface area contributed by atoms with E-state index in [-0.39, 0.29) is 11.8 Å². The molecule has 0 radical (unpaired) electrons. The number of hydrogen-bond donors (Lipinski definition) is 5. The van der Waals surface area contributed by atoms with Gasteiger partial charge in [-0.25, -0.2) is 9.97 Å². The highest BCUT2D eigenvalue weighted by Crippen LogP contribution is 2.43. The molecule has 0 spiro atoms. The lowest BCUT2D eigenvalue weighted by atomic mass is 9.79. The Morgan fingerprint density at radius 1 is 1.21 bits per heavy atom. The first kappa shape index (κ1) is 22.5. The molecule has 5 rings (SSSR count). The quantitative estimate of drug-likeness (QED) is 0.347. The summed E-state index contributed by atoms with van der Waals surface area (Å²) in [6.45, 7) is 4.21. The number of fused-ring (bicyclic) bond motifs is 2. The van der Waals surface area contributed by atoms with Crippen LogP contribution in [0.2, 0.25) is 0 Å². The fraction of sp³-hybridized carbons (Fsp3) is 0.320. The van der Waals surface area contributed by atoms with Gasteiger partial charge in [0.2, 0.25) is 5.91 Å². The van der Waals surface area contributed by atoms with Crippen LogP contribution in [0.1, 0.15) is 57.0 Å². The number of rotatable bonds is 6. The average Bonchev–Trinajstić information content (AvgIpc) is 3.18. The van der Waals surface area contributed by atoms with Crippen LogP contribution in [-0.4, -0.2) is 39.6 Å². The van der Waals surface area contributed by atoms with E-state index >= 15 is 0 Å². The lowest BCUT2D eigenvalue weighted by molar-refractivity contribution is 0.0999. The van der Waals surface area contributed by atoms with Gasteiger partial charge in [-0.3, -0.25) is 4.79 Å². The Morgan fingerprint density at radius 2 is 2.03 bits per heavy atom. The normalized spacial score (nSPS) is 18.8.